The minimum atomic E-state index is -1.02. The number of carboxylic acids is 1. The van der Waals surface area contributed by atoms with E-state index in [4.69, 9.17) is 53.6 Å². The van der Waals surface area contributed by atoms with Crippen molar-refractivity contribution in [3.05, 3.63) is 126 Å². The molecule has 2 aromatic heterocycles. The maximum atomic E-state index is 12.8. The molecule has 2 amide bonds. The molecular weight excluding hydrogens is 828 g/mol. The third-order valence-electron chi connectivity index (χ3n) is 8.59. The molecule has 302 valence electrons. The molecule has 0 atom stereocenters. The molecule has 12 nitrogen and oxygen atoms in total. The number of nitrogens with two attached hydrogens (primary N) is 2. The highest BCUT2D eigenvalue weighted by Gasteiger charge is 2.26. The van der Waals surface area contributed by atoms with Crippen LogP contribution in [0, 0.1) is 19.3 Å². The first kappa shape index (κ1) is 43.5. The molecular formula is C42H38Cl2N2O10S2. The molecule has 5 N–H and O–H groups in total. The number of amides is 2. The summed E-state index contributed by atoms with van der Waals surface area (Å²) < 4.78 is 23.4. The number of carbonyl (C=O) groups excluding carboxylic acids is 4. The van der Waals surface area contributed by atoms with Gasteiger partial charge in [-0.15, -0.1) is 22.7 Å². The van der Waals surface area contributed by atoms with Crippen molar-refractivity contribution in [2.45, 2.75) is 47.8 Å². The van der Waals surface area contributed by atoms with Crippen molar-refractivity contribution in [1.29, 1.82) is 0 Å². The SMILES string of the molecule is Cc1ccc2sc(C(=O)O)c(COc3ccc(C(N)=O)cc3)c2c1Cl.Cc1ccc2sc(C(=O)OCOC(=O)C(C)(C)C)c(COc3ccc(C(N)=O)cc3)c2c1Cl. The Bertz CT molecular complexity index is 2540. The van der Waals surface area contributed by atoms with Gasteiger partial charge in [0.1, 0.15) is 34.5 Å². The van der Waals surface area contributed by atoms with Crippen LogP contribution in [-0.2, 0) is 27.5 Å². The van der Waals surface area contributed by atoms with Crippen molar-refractivity contribution in [2.24, 2.45) is 16.9 Å². The van der Waals surface area contributed by atoms with Gasteiger partial charge in [-0.3, -0.25) is 14.4 Å². The number of rotatable bonds is 12. The Labute approximate surface area is 351 Å². The molecule has 0 saturated heterocycles. The van der Waals surface area contributed by atoms with Crippen molar-refractivity contribution in [3.8, 4) is 11.5 Å². The fourth-order valence-electron chi connectivity index (χ4n) is 5.40. The zero-order valence-electron chi connectivity index (χ0n) is 31.9. The van der Waals surface area contributed by atoms with Crippen LogP contribution in [0.4, 0.5) is 0 Å². The van der Waals surface area contributed by atoms with Crippen molar-refractivity contribution < 1.29 is 48.0 Å². The predicted octanol–water partition coefficient (Wildman–Crippen LogP) is 9.48. The maximum Gasteiger partial charge on any atom is 0.351 e. The first-order valence-electron chi connectivity index (χ1n) is 17.4. The molecule has 0 bridgehead atoms. The summed E-state index contributed by atoms with van der Waals surface area (Å²) in [5, 5.41) is 11.9. The highest BCUT2D eigenvalue weighted by Crippen LogP contribution is 2.40. The van der Waals surface area contributed by atoms with E-state index in [1.54, 1.807) is 69.3 Å². The van der Waals surface area contributed by atoms with E-state index in [2.05, 4.69) is 0 Å². The van der Waals surface area contributed by atoms with Crippen LogP contribution in [0.15, 0.2) is 72.8 Å². The Morgan fingerprint density at radius 3 is 1.45 bits per heavy atom. The summed E-state index contributed by atoms with van der Waals surface area (Å²) in [6.07, 6.45) is 0. The second-order valence-corrected chi connectivity index (χ2v) is 16.7. The molecule has 0 spiro atoms. The van der Waals surface area contributed by atoms with Crippen LogP contribution < -0.4 is 20.9 Å². The number of halogens is 2. The van der Waals surface area contributed by atoms with Gasteiger partial charge in [-0.25, -0.2) is 9.59 Å². The standard InChI is InChI=1S/C24H24ClNO6S.C18H14ClNO4S/c1-13-5-10-17-18(19(13)25)16(11-30-15-8-6-14(7-9-15)21(26)27)20(33-17)22(28)31-12-32-23(29)24(2,3)4;1-9-2-7-13-14(15(9)19)12(16(25-13)18(22)23)8-24-11-5-3-10(4-6-11)17(20)21/h5-10H,11-12H2,1-4H3,(H2,26,27);2-7H,8H2,1H3,(H2,20,21)(H,22,23). The normalized spacial score (nSPS) is 11.1. The molecule has 6 rings (SSSR count). The second kappa shape index (κ2) is 18.3. The summed E-state index contributed by atoms with van der Waals surface area (Å²) in [5.74, 6) is -2.21. The number of aryl methyl sites for hydroxylation is 2. The molecule has 0 aliphatic carbocycles. The molecule has 0 aliphatic rings. The number of hydrogen-bond acceptors (Lipinski definition) is 11. The van der Waals surface area contributed by atoms with Crippen LogP contribution in [0.5, 0.6) is 11.5 Å². The molecule has 0 fully saturated rings. The lowest BCUT2D eigenvalue weighted by molar-refractivity contribution is -0.161. The number of ether oxygens (including phenoxy) is 4. The minimum absolute atomic E-state index is 0.0330. The van der Waals surface area contributed by atoms with Crippen molar-refractivity contribution >= 4 is 95.8 Å². The van der Waals surface area contributed by atoms with E-state index in [-0.39, 0.29) is 18.1 Å². The number of carboxylic acid groups (broad SMARTS) is 1. The van der Waals surface area contributed by atoms with Crippen LogP contribution in [-0.4, -0.2) is 41.6 Å². The molecule has 0 aliphatic heterocycles. The first-order valence-corrected chi connectivity index (χ1v) is 19.8. The Morgan fingerprint density at radius 2 is 1.05 bits per heavy atom. The molecule has 0 saturated carbocycles. The molecule has 16 heteroatoms. The van der Waals surface area contributed by atoms with Gasteiger partial charge in [0.2, 0.25) is 18.6 Å². The lowest BCUT2D eigenvalue weighted by Gasteiger charge is -2.16. The lowest BCUT2D eigenvalue weighted by atomic mass is 9.98. The van der Waals surface area contributed by atoms with Gasteiger partial charge in [-0.1, -0.05) is 35.3 Å². The third kappa shape index (κ3) is 10.1. The van der Waals surface area contributed by atoms with E-state index in [0.717, 1.165) is 20.5 Å². The summed E-state index contributed by atoms with van der Waals surface area (Å²) in [4.78, 5) is 59.2. The smallest absolute Gasteiger partial charge is 0.351 e. The average molecular weight is 866 g/mol. The summed E-state index contributed by atoms with van der Waals surface area (Å²) in [5.41, 5.74) is 13.3. The molecule has 0 unspecified atom stereocenters. The van der Waals surface area contributed by atoms with Gasteiger partial charge in [0, 0.05) is 42.4 Å². The molecule has 0 radical (unpaired) electrons. The van der Waals surface area contributed by atoms with Crippen molar-refractivity contribution in [1.82, 2.24) is 0 Å². The van der Waals surface area contributed by atoms with E-state index in [9.17, 15) is 29.1 Å². The summed E-state index contributed by atoms with van der Waals surface area (Å²) in [6.45, 7) is 8.46. The molecule has 2 heterocycles. The van der Waals surface area contributed by atoms with Crippen LogP contribution in [0.2, 0.25) is 10.0 Å². The maximum absolute atomic E-state index is 12.8. The predicted molar refractivity (Wildman–Crippen MR) is 225 cm³/mol. The van der Waals surface area contributed by atoms with Gasteiger partial charge in [-0.2, -0.15) is 0 Å². The highest BCUT2D eigenvalue weighted by molar-refractivity contribution is 7.21. The van der Waals surface area contributed by atoms with Crippen molar-refractivity contribution in [2.75, 3.05) is 6.79 Å². The number of esters is 2. The number of thiophene rings is 2. The first-order chi connectivity index (χ1) is 27.4. The topological polar surface area (TPSA) is 195 Å². The van der Waals surface area contributed by atoms with E-state index in [1.807, 2.05) is 38.1 Å². The third-order valence-corrected chi connectivity index (χ3v) is 11.9. The Hall–Kier alpha value is -5.67. The van der Waals surface area contributed by atoms with E-state index in [1.165, 1.54) is 22.7 Å². The van der Waals surface area contributed by atoms with Crippen LogP contribution >= 0.6 is 45.9 Å². The lowest BCUT2D eigenvalue weighted by Crippen LogP contribution is -2.24. The van der Waals surface area contributed by atoms with Gasteiger partial charge in [0.05, 0.1) is 15.5 Å². The van der Waals surface area contributed by atoms with Gasteiger partial charge in [-0.05, 0) is 106 Å². The monoisotopic (exact) mass is 864 g/mol. The summed E-state index contributed by atoms with van der Waals surface area (Å²) in [6, 6.07) is 20.1. The Kier molecular flexibility index (Phi) is 13.7. The number of benzene rings is 4. The Morgan fingerprint density at radius 1 is 0.638 bits per heavy atom. The fraction of sp³-hybridized carbons (Fsp3) is 0.214. The van der Waals surface area contributed by atoms with Crippen LogP contribution in [0.25, 0.3) is 20.2 Å². The summed E-state index contributed by atoms with van der Waals surface area (Å²) >= 11 is 15.3. The zero-order chi connectivity index (χ0) is 42.5. The van der Waals surface area contributed by atoms with E-state index >= 15 is 0 Å². The van der Waals surface area contributed by atoms with Crippen LogP contribution in [0.1, 0.15) is 83.1 Å². The van der Waals surface area contributed by atoms with Gasteiger partial charge in [0.15, 0.2) is 0 Å². The molecule has 58 heavy (non-hydrogen) atoms. The van der Waals surface area contributed by atoms with Gasteiger partial charge < -0.3 is 35.5 Å². The number of fused-ring (bicyclic) bond motifs is 2. The van der Waals surface area contributed by atoms with Crippen molar-refractivity contribution in [3.63, 3.8) is 0 Å². The van der Waals surface area contributed by atoms with E-state index in [0.29, 0.717) is 59.4 Å². The minimum Gasteiger partial charge on any atom is -0.489 e. The van der Waals surface area contributed by atoms with E-state index < -0.39 is 41.9 Å². The largest absolute Gasteiger partial charge is 0.489 e. The number of aromatic carboxylic acids is 1. The zero-order valence-corrected chi connectivity index (χ0v) is 35.0. The molecule has 6 aromatic rings. The number of primary amides is 2. The Balaban J connectivity index is 0.000000229. The average Bonchev–Trinajstić information content (AvgIpc) is 3.75. The van der Waals surface area contributed by atoms with Gasteiger partial charge in [0.25, 0.3) is 0 Å². The molecule has 4 aromatic carbocycles. The quantitative estimate of drug-likeness (QED) is 0.0788. The number of hydrogen-bond donors (Lipinski definition) is 3. The second-order valence-electron chi connectivity index (χ2n) is 13.8. The van der Waals surface area contributed by atoms with Gasteiger partial charge >= 0.3 is 17.9 Å². The summed E-state index contributed by atoms with van der Waals surface area (Å²) in [7, 11) is 0. The fourth-order valence-corrected chi connectivity index (χ4v) is 8.24. The number of carbonyl (C=O) groups is 5. The van der Waals surface area contributed by atoms with Crippen LogP contribution in [0.3, 0.4) is 0 Å². The highest BCUT2D eigenvalue weighted by atomic mass is 35.5.